The molecule has 1 heterocycles. The molecule has 74 valence electrons. The van der Waals surface area contributed by atoms with E-state index >= 15 is 0 Å². The van der Waals surface area contributed by atoms with Gasteiger partial charge in [0.25, 0.3) is 0 Å². The Balaban J connectivity index is 2.51. The molecule has 2 aromatic rings. The highest BCUT2D eigenvalue weighted by molar-refractivity contribution is 6.31. The molecule has 3 nitrogen and oxygen atoms in total. The minimum Gasteiger partial charge on any atom is -0.356 e. The SMILES string of the molecule is CC(ON)c1cc2cc(Cl)ccc2[nH]1. The van der Waals surface area contributed by atoms with Gasteiger partial charge < -0.3 is 4.98 Å². The zero-order valence-corrected chi connectivity index (χ0v) is 8.51. The molecule has 0 spiro atoms. The van der Waals surface area contributed by atoms with Crippen molar-refractivity contribution in [2.75, 3.05) is 0 Å². The Morgan fingerprint density at radius 3 is 2.93 bits per heavy atom. The van der Waals surface area contributed by atoms with Crippen molar-refractivity contribution >= 4 is 22.5 Å². The average molecular weight is 211 g/mol. The van der Waals surface area contributed by atoms with E-state index < -0.39 is 0 Å². The fraction of sp³-hybridized carbons (Fsp3) is 0.200. The zero-order chi connectivity index (χ0) is 10.1. The largest absolute Gasteiger partial charge is 0.356 e. The maximum Gasteiger partial charge on any atom is 0.116 e. The van der Waals surface area contributed by atoms with Crippen molar-refractivity contribution in [2.45, 2.75) is 13.0 Å². The first-order valence-corrected chi connectivity index (χ1v) is 4.72. The molecule has 14 heavy (non-hydrogen) atoms. The lowest BCUT2D eigenvalue weighted by atomic mass is 10.2. The van der Waals surface area contributed by atoms with Gasteiger partial charge in [0, 0.05) is 21.6 Å². The van der Waals surface area contributed by atoms with Crippen LogP contribution in [0.1, 0.15) is 18.7 Å². The summed E-state index contributed by atoms with van der Waals surface area (Å²) >= 11 is 5.87. The van der Waals surface area contributed by atoms with E-state index in [1.54, 1.807) is 0 Å². The minimum atomic E-state index is -0.138. The summed E-state index contributed by atoms with van der Waals surface area (Å²) in [5, 5.41) is 1.79. The van der Waals surface area contributed by atoms with E-state index in [-0.39, 0.29) is 6.10 Å². The van der Waals surface area contributed by atoms with Gasteiger partial charge in [-0.25, -0.2) is 5.90 Å². The number of benzene rings is 1. The molecule has 0 bridgehead atoms. The number of H-pyrrole nitrogens is 1. The molecule has 0 amide bonds. The Bertz CT molecular complexity index is 452. The first-order chi connectivity index (χ1) is 6.70. The number of hydrogen-bond acceptors (Lipinski definition) is 2. The van der Waals surface area contributed by atoms with Crippen LogP contribution in [0.2, 0.25) is 5.02 Å². The smallest absolute Gasteiger partial charge is 0.116 e. The maximum absolute atomic E-state index is 5.87. The summed E-state index contributed by atoms with van der Waals surface area (Å²) in [6.45, 7) is 1.88. The summed E-state index contributed by atoms with van der Waals surface area (Å²) in [6.07, 6.45) is -0.138. The van der Waals surface area contributed by atoms with Crippen LogP contribution >= 0.6 is 11.6 Å². The van der Waals surface area contributed by atoms with Crippen molar-refractivity contribution in [1.82, 2.24) is 4.98 Å². The first kappa shape index (κ1) is 9.52. The second-order valence-corrected chi connectivity index (χ2v) is 3.67. The van der Waals surface area contributed by atoms with Crippen LogP contribution in [0.3, 0.4) is 0 Å². The normalized spacial score (nSPS) is 13.4. The van der Waals surface area contributed by atoms with Crippen LogP contribution in [0.5, 0.6) is 0 Å². The summed E-state index contributed by atoms with van der Waals surface area (Å²) in [6, 6.07) is 7.67. The lowest BCUT2D eigenvalue weighted by Gasteiger charge is -2.04. The molecule has 3 N–H and O–H groups in total. The van der Waals surface area contributed by atoms with Crippen LogP contribution < -0.4 is 5.90 Å². The van der Waals surface area contributed by atoms with Crippen molar-refractivity contribution in [3.8, 4) is 0 Å². The van der Waals surface area contributed by atoms with Crippen molar-refractivity contribution in [2.24, 2.45) is 5.90 Å². The zero-order valence-electron chi connectivity index (χ0n) is 7.75. The van der Waals surface area contributed by atoms with E-state index in [2.05, 4.69) is 4.98 Å². The first-order valence-electron chi connectivity index (χ1n) is 4.34. The Morgan fingerprint density at radius 1 is 1.43 bits per heavy atom. The number of aromatic nitrogens is 1. The number of nitrogens with two attached hydrogens (primary N) is 1. The summed E-state index contributed by atoms with van der Waals surface area (Å²) in [5.74, 6) is 5.11. The second kappa shape index (κ2) is 3.61. The number of halogens is 1. The Hall–Kier alpha value is -1.03. The van der Waals surface area contributed by atoms with Crippen LogP contribution in [0, 0.1) is 0 Å². The van der Waals surface area contributed by atoms with Gasteiger partial charge >= 0.3 is 0 Å². The topological polar surface area (TPSA) is 51.0 Å². The number of aromatic amines is 1. The molecular weight excluding hydrogens is 200 g/mol. The number of fused-ring (bicyclic) bond motifs is 1. The lowest BCUT2D eigenvalue weighted by molar-refractivity contribution is 0.0639. The van der Waals surface area contributed by atoms with Gasteiger partial charge in [-0.3, -0.25) is 4.84 Å². The second-order valence-electron chi connectivity index (χ2n) is 3.23. The Kier molecular flexibility index (Phi) is 2.46. The molecule has 0 fully saturated rings. The van der Waals surface area contributed by atoms with Gasteiger partial charge in [0.1, 0.15) is 6.10 Å². The van der Waals surface area contributed by atoms with Gasteiger partial charge in [-0.15, -0.1) is 0 Å². The monoisotopic (exact) mass is 210 g/mol. The molecule has 2 rings (SSSR count). The van der Waals surface area contributed by atoms with E-state index in [1.807, 2.05) is 31.2 Å². The van der Waals surface area contributed by atoms with Gasteiger partial charge in [-0.2, -0.15) is 0 Å². The quantitative estimate of drug-likeness (QED) is 0.749. The van der Waals surface area contributed by atoms with Crippen molar-refractivity contribution < 1.29 is 4.84 Å². The molecule has 0 saturated heterocycles. The van der Waals surface area contributed by atoms with Crippen LogP contribution in [-0.2, 0) is 4.84 Å². The van der Waals surface area contributed by atoms with Gasteiger partial charge in [0.2, 0.25) is 0 Å². The third-order valence-electron chi connectivity index (χ3n) is 2.25. The summed E-state index contributed by atoms with van der Waals surface area (Å²) in [4.78, 5) is 7.94. The summed E-state index contributed by atoms with van der Waals surface area (Å²) < 4.78 is 0. The van der Waals surface area contributed by atoms with Gasteiger partial charge in [-0.05, 0) is 31.2 Å². The number of rotatable bonds is 2. The molecule has 1 aromatic heterocycles. The molecule has 0 saturated carbocycles. The maximum atomic E-state index is 5.87. The van der Waals surface area contributed by atoms with E-state index in [4.69, 9.17) is 22.3 Å². The van der Waals surface area contributed by atoms with Crippen LogP contribution in [0.25, 0.3) is 10.9 Å². The van der Waals surface area contributed by atoms with Gasteiger partial charge in [-0.1, -0.05) is 11.6 Å². The Labute approximate surface area is 86.8 Å². The third-order valence-corrected chi connectivity index (χ3v) is 2.48. The highest BCUT2D eigenvalue weighted by atomic mass is 35.5. The fourth-order valence-corrected chi connectivity index (χ4v) is 1.60. The molecule has 4 heteroatoms. The van der Waals surface area contributed by atoms with E-state index in [0.29, 0.717) is 0 Å². The molecule has 0 aliphatic carbocycles. The standard InChI is InChI=1S/C10H11ClN2O/c1-6(14-12)10-5-7-4-8(11)2-3-9(7)13-10/h2-6,13H,12H2,1H3. The Morgan fingerprint density at radius 2 is 2.21 bits per heavy atom. The van der Waals surface area contributed by atoms with E-state index in [1.165, 1.54) is 0 Å². The fourth-order valence-electron chi connectivity index (χ4n) is 1.42. The predicted octanol–water partition coefficient (Wildman–Crippen LogP) is 2.77. The molecule has 0 aliphatic heterocycles. The molecule has 0 aliphatic rings. The lowest BCUT2D eigenvalue weighted by Crippen LogP contribution is -2.05. The molecule has 1 unspecified atom stereocenters. The van der Waals surface area contributed by atoms with E-state index in [0.717, 1.165) is 21.6 Å². The van der Waals surface area contributed by atoms with Crippen molar-refractivity contribution in [3.05, 3.63) is 35.0 Å². The predicted molar refractivity (Wildman–Crippen MR) is 57.0 cm³/mol. The third kappa shape index (κ3) is 1.62. The highest BCUT2D eigenvalue weighted by Crippen LogP contribution is 2.23. The van der Waals surface area contributed by atoms with E-state index in [9.17, 15) is 0 Å². The number of hydrogen-bond donors (Lipinski definition) is 2. The average Bonchev–Trinajstić information content (AvgIpc) is 2.59. The number of nitrogens with one attached hydrogen (secondary N) is 1. The molecular formula is C10H11ClN2O. The van der Waals surface area contributed by atoms with Gasteiger partial charge in [0.05, 0.1) is 0 Å². The van der Waals surface area contributed by atoms with Crippen LogP contribution in [0.15, 0.2) is 24.3 Å². The van der Waals surface area contributed by atoms with Crippen LogP contribution in [-0.4, -0.2) is 4.98 Å². The van der Waals surface area contributed by atoms with Crippen molar-refractivity contribution in [3.63, 3.8) is 0 Å². The summed E-state index contributed by atoms with van der Waals surface area (Å²) in [7, 11) is 0. The highest BCUT2D eigenvalue weighted by Gasteiger charge is 2.08. The minimum absolute atomic E-state index is 0.138. The van der Waals surface area contributed by atoms with Crippen LogP contribution in [0.4, 0.5) is 0 Å². The van der Waals surface area contributed by atoms with Gasteiger partial charge in [0.15, 0.2) is 0 Å². The molecule has 0 radical (unpaired) electrons. The summed E-state index contributed by atoms with van der Waals surface area (Å²) in [5.41, 5.74) is 1.98. The molecule has 1 atom stereocenters. The molecule has 1 aromatic carbocycles. The van der Waals surface area contributed by atoms with Crippen molar-refractivity contribution in [1.29, 1.82) is 0 Å².